The molecule has 1 saturated carbocycles. The topological polar surface area (TPSA) is 97.4 Å². The van der Waals surface area contributed by atoms with Crippen molar-refractivity contribution in [1.29, 1.82) is 0 Å². The number of sulfone groups is 1. The van der Waals surface area contributed by atoms with Gasteiger partial charge in [0.15, 0.2) is 0 Å². The predicted octanol–water partition coefficient (Wildman–Crippen LogP) is 6.06. The lowest BCUT2D eigenvalue weighted by atomic mass is 9.70. The van der Waals surface area contributed by atoms with Gasteiger partial charge in [0, 0.05) is 35.6 Å². The smallest absolute Gasteiger partial charge is 0.243 e. The number of amides is 1. The Morgan fingerprint density at radius 2 is 1.69 bits per heavy atom. The van der Waals surface area contributed by atoms with Gasteiger partial charge in [0.25, 0.3) is 0 Å². The quantitative estimate of drug-likeness (QED) is 0.376. The van der Waals surface area contributed by atoms with E-state index in [0.29, 0.717) is 12.3 Å². The van der Waals surface area contributed by atoms with E-state index >= 15 is 0 Å². The Labute approximate surface area is 235 Å². The first-order valence-corrected chi connectivity index (χ1v) is 15.4. The molecule has 2 N–H and O–H groups in total. The number of rotatable bonds is 6. The summed E-state index contributed by atoms with van der Waals surface area (Å²) in [6.45, 7) is 0.302. The van der Waals surface area contributed by atoms with Gasteiger partial charge >= 0.3 is 0 Å². The van der Waals surface area contributed by atoms with Crippen LogP contribution in [-0.4, -0.2) is 32.5 Å². The van der Waals surface area contributed by atoms with Gasteiger partial charge in [-0.15, -0.1) is 0 Å². The molecule has 1 atom stereocenters. The van der Waals surface area contributed by atoms with E-state index in [1.54, 1.807) is 30.5 Å². The largest absolute Gasteiger partial charge is 0.495 e. The van der Waals surface area contributed by atoms with Crippen LogP contribution in [0.5, 0.6) is 5.75 Å². The third kappa shape index (κ3) is 5.50. The molecule has 1 aromatic heterocycles. The molecule has 2 aliphatic rings. The van der Waals surface area contributed by atoms with Crippen molar-refractivity contribution in [3.63, 3.8) is 0 Å². The molecule has 1 aliphatic heterocycles. The molecular formula is C30H34ClN3O4S. The summed E-state index contributed by atoms with van der Waals surface area (Å²) in [7, 11) is -2.27. The maximum atomic E-state index is 13.6. The number of carbonyl (C=O) groups is 1. The number of carbonyl (C=O) groups excluding carboxylic acids is 1. The van der Waals surface area contributed by atoms with Gasteiger partial charge in [-0.2, -0.15) is 0 Å². The molecular weight excluding hydrogens is 534 g/mol. The second-order valence-corrected chi connectivity index (χ2v) is 12.8. The first-order valence-electron chi connectivity index (χ1n) is 13.5. The molecule has 206 valence electrons. The number of hydrogen-bond donors (Lipinski definition) is 2. The van der Waals surface area contributed by atoms with Crippen molar-refractivity contribution >= 4 is 33.0 Å². The maximum Gasteiger partial charge on any atom is 0.243 e. The number of methoxy groups -OCH3 is 1. The van der Waals surface area contributed by atoms with Crippen LogP contribution in [0.3, 0.4) is 0 Å². The molecule has 2 aromatic carbocycles. The number of anilines is 1. The Bertz CT molecular complexity index is 1430. The molecule has 39 heavy (non-hydrogen) atoms. The Balaban J connectivity index is 1.30. The minimum atomic E-state index is -3.75. The van der Waals surface area contributed by atoms with Crippen molar-refractivity contribution in [3.8, 4) is 5.75 Å². The lowest BCUT2D eigenvalue weighted by molar-refractivity contribution is -0.123. The summed E-state index contributed by atoms with van der Waals surface area (Å²) < 4.78 is 31.3. The van der Waals surface area contributed by atoms with Crippen molar-refractivity contribution in [2.75, 3.05) is 12.4 Å². The fourth-order valence-electron chi connectivity index (χ4n) is 5.98. The zero-order valence-electron chi connectivity index (χ0n) is 22.1. The van der Waals surface area contributed by atoms with E-state index in [2.05, 4.69) is 15.6 Å². The molecule has 0 bridgehead atoms. The van der Waals surface area contributed by atoms with Crippen LogP contribution in [0.25, 0.3) is 0 Å². The molecule has 0 radical (unpaired) electrons. The third-order valence-corrected chi connectivity index (χ3v) is 10.2. The average Bonchev–Trinajstić information content (AvgIpc) is 3.33. The monoisotopic (exact) mass is 567 g/mol. The fraction of sp³-hybridized carbons (Fsp3) is 0.400. The van der Waals surface area contributed by atoms with Crippen LogP contribution in [0.2, 0.25) is 5.02 Å². The second-order valence-electron chi connectivity index (χ2n) is 10.4. The molecule has 1 unspecified atom stereocenters. The van der Waals surface area contributed by atoms with Crippen LogP contribution >= 0.6 is 11.6 Å². The van der Waals surface area contributed by atoms with E-state index in [0.717, 1.165) is 42.5 Å². The molecule has 1 aliphatic carbocycles. The van der Waals surface area contributed by atoms with Gasteiger partial charge in [-0.1, -0.05) is 62.3 Å². The van der Waals surface area contributed by atoms with Gasteiger partial charge in [0.1, 0.15) is 11.8 Å². The number of halogens is 1. The highest BCUT2D eigenvalue weighted by atomic mass is 35.5. The van der Waals surface area contributed by atoms with Crippen LogP contribution in [0.15, 0.2) is 70.7 Å². The number of fused-ring (bicyclic) bond motifs is 2. The summed E-state index contributed by atoms with van der Waals surface area (Å²) in [4.78, 5) is 18.3. The Hall–Kier alpha value is -3.10. The fourth-order valence-corrected chi connectivity index (χ4v) is 7.59. The summed E-state index contributed by atoms with van der Waals surface area (Å²) >= 11 is 6.14. The first kappa shape index (κ1) is 27.5. The molecule has 2 heterocycles. The number of pyridine rings is 1. The maximum absolute atomic E-state index is 13.6. The van der Waals surface area contributed by atoms with E-state index in [4.69, 9.17) is 16.3 Å². The number of aromatic nitrogens is 1. The summed E-state index contributed by atoms with van der Waals surface area (Å²) in [5, 5.41) is 6.85. The van der Waals surface area contributed by atoms with Crippen LogP contribution in [-0.2, 0) is 26.6 Å². The standard InChI is InChI=1S/C30H34ClN3O4S/c1-38-27-13-12-23(18-25(27)31)39(36,37)22-10-8-21(9-11-22)19-33-29(35)28-30(15-6-4-2-3-5-7-16-30)24-20-32-17-14-26(24)34-28/h8-14,17-18,20,28,34H,2-7,15-16,19H2,1H3,(H,33,35). The van der Waals surface area contributed by atoms with E-state index < -0.39 is 9.84 Å². The molecule has 1 spiro atoms. The van der Waals surface area contributed by atoms with E-state index in [1.807, 2.05) is 12.3 Å². The predicted molar refractivity (Wildman–Crippen MR) is 152 cm³/mol. The zero-order valence-corrected chi connectivity index (χ0v) is 23.7. The SMILES string of the molecule is COc1ccc(S(=O)(=O)c2ccc(CNC(=O)C3Nc4ccncc4C34CCCCCCCC4)cc2)cc1Cl. The minimum absolute atomic E-state index is 0.0463. The Kier molecular flexibility index (Phi) is 8.14. The van der Waals surface area contributed by atoms with E-state index in [-0.39, 0.29) is 32.2 Å². The molecule has 7 nitrogen and oxygen atoms in total. The summed E-state index contributed by atoms with van der Waals surface area (Å²) in [6, 6.07) is 12.6. The first-order chi connectivity index (χ1) is 18.8. The van der Waals surface area contributed by atoms with Gasteiger partial charge in [-0.3, -0.25) is 9.78 Å². The third-order valence-electron chi connectivity index (χ3n) is 8.10. The highest BCUT2D eigenvalue weighted by Gasteiger charge is 2.49. The Morgan fingerprint density at radius 3 is 2.36 bits per heavy atom. The summed E-state index contributed by atoms with van der Waals surface area (Å²) in [5.74, 6) is 0.365. The van der Waals surface area contributed by atoms with Gasteiger partial charge in [-0.25, -0.2) is 8.42 Å². The highest BCUT2D eigenvalue weighted by molar-refractivity contribution is 7.91. The van der Waals surface area contributed by atoms with E-state index in [1.165, 1.54) is 51.0 Å². The molecule has 3 aromatic rings. The highest BCUT2D eigenvalue weighted by Crippen LogP contribution is 2.48. The Morgan fingerprint density at radius 1 is 1.03 bits per heavy atom. The number of benzene rings is 2. The minimum Gasteiger partial charge on any atom is -0.495 e. The number of hydrogen-bond acceptors (Lipinski definition) is 6. The number of ether oxygens (including phenoxy) is 1. The van der Waals surface area contributed by atoms with Crippen LogP contribution < -0.4 is 15.4 Å². The van der Waals surface area contributed by atoms with E-state index in [9.17, 15) is 13.2 Å². The summed E-state index contributed by atoms with van der Waals surface area (Å²) in [6.07, 6.45) is 12.7. The van der Waals surface area contributed by atoms with Crippen molar-refractivity contribution in [2.45, 2.75) is 79.2 Å². The molecule has 0 saturated heterocycles. The van der Waals surface area contributed by atoms with Crippen molar-refractivity contribution in [1.82, 2.24) is 10.3 Å². The molecule has 1 amide bonds. The molecule has 9 heteroatoms. The van der Waals surface area contributed by atoms with Crippen LogP contribution in [0.1, 0.15) is 62.5 Å². The zero-order chi connectivity index (χ0) is 27.5. The van der Waals surface area contributed by atoms with Crippen molar-refractivity contribution in [2.24, 2.45) is 0 Å². The normalized spacial score (nSPS) is 18.8. The van der Waals surface area contributed by atoms with Gasteiger partial charge < -0.3 is 15.4 Å². The van der Waals surface area contributed by atoms with Crippen molar-refractivity contribution < 1.29 is 17.9 Å². The average molecular weight is 568 g/mol. The lowest BCUT2D eigenvalue weighted by Gasteiger charge is -2.35. The van der Waals surface area contributed by atoms with Crippen LogP contribution in [0, 0.1) is 0 Å². The second kappa shape index (κ2) is 11.6. The summed E-state index contributed by atoms with van der Waals surface area (Å²) in [5.41, 5.74) is 2.70. The molecule has 1 fully saturated rings. The number of nitrogens with one attached hydrogen (secondary N) is 2. The van der Waals surface area contributed by atoms with Crippen molar-refractivity contribution in [3.05, 3.63) is 77.1 Å². The number of nitrogens with zero attached hydrogens (tertiary/aromatic N) is 1. The van der Waals surface area contributed by atoms with Gasteiger partial charge in [-0.05, 0) is 54.8 Å². The van der Waals surface area contributed by atoms with Crippen LogP contribution in [0.4, 0.5) is 5.69 Å². The van der Waals surface area contributed by atoms with Gasteiger partial charge in [0.05, 0.1) is 21.9 Å². The van der Waals surface area contributed by atoms with Gasteiger partial charge in [0.2, 0.25) is 15.7 Å². The lowest BCUT2D eigenvalue weighted by Crippen LogP contribution is -2.49. The molecule has 5 rings (SSSR count).